The van der Waals surface area contributed by atoms with Gasteiger partial charge in [0.2, 0.25) is 5.91 Å². The smallest absolute Gasteiger partial charge is 0.326 e. The minimum Gasteiger partial charge on any atom is -0.480 e. The molecule has 1 amide bonds. The second-order valence-electron chi connectivity index (χ2n) is 5.43. The van der Waals surface area contributed by atoms with Gasteiger partial charge in [-0.3, -0.25) is 4.79 Å². The Morgan fingerprint density at radius 3 is 2.75 bits per heavy atom. The number of aryl methyl sites for hydroxylation is 2. The predicted molar refractivity (Wildman–Crippen MR) is 71.4 cm³/mol. The van der Waals surface area contributed by atoms with Gasteiger partial charge < -0.3 is 14.5 Å². The molecule has 0 aromatic carbocycles. The Bertz CT molecular complexity index is 504. The van der Waals surface area contributed by atoms with Crippen molar-refractivity contribution < 1.29 is 19.2 Å². The highest BCUT2D eigenvalue weighted by atomic mass is 16.5. The van der Waals surface area contributed by atoms with Gasteiger partial charge in [-0.05, 0) is 32.6 Å². The van der Waals surface area contributed by atoms with E-state index < -0.39 is 12.0 Å². The molecule has 20 heavy (non-hydrogen) atoms. The maximum Gasteiger partial charge on any atom is 0.326 e. The Balaban J connectivity index is 2.06. The number of likely N-dealkylation sites (tertiary alicyclic amines) is 1. The number of carboxylic acids is 1. The van der Waals surface area contributed by atoms with E-state index in [0.717, 1.165) is 23.4 Å². The summed E-state index contributed by atoms with van der Waals surface area (Å²) in [4.78, 5) is 24.9. The monoisotopic (exact) mass is 280 g/mol. The van der Waals surface area contributed by atoms with E-state index in [2.05, 4.69) is 5.16 Å². The summed E-state index contributed by atoms with van der Waals surface area (Å²) < 4.78 is 5.11. The van der Waals surface area contributed by atoms with Gasteiger partial charge in [-0.2, -0.15) is 0 Å². The number of carboxylic acid groups (broad SMARTS) is 1. The Morgan fingerprint density at radius 2 is 2.20 bits per heavy atom. The SMILES string of the molecule is Cc1noc(C)c1C(C)CC(=O)N1CCC[C@@H]1C(=O)O. The van der Waals surface area contributed by atoms with E-state index >= 15 is 0 Å². The molecule has 0 bridgehead atoms. The van der Waals surface area contributed by atoms with Crippen molar-refractivity contribution in [2.24, 2.45) is 0 Å². The lowest BCUT2D eigenvalue weighted by atomic mass is 9.95. The minimum absolute atomic E-state index is 0.0243. The van der Waals surface area contributed by atoms with Crippen LogP contribution < -0.4 is 0 Å². The topological polar surface area (TPSA) is 83.6 Å². The van der Waals surface area contributed by atoms with Crippen LogP contribution in [0.5, 0.6) is 0 Å². The van der Waals surface area contributed by atoms with Crippen molar-refractivity contribution >= 4 is 11.9 Å². The summed E-state index contributed by atoms with van der Waals surface area (Å²) in [6, 6.07) is -0.667. The maximum atomic E-state index is 12.3. The molecule has 1 aliphatic heterocycles. The molecule has 1 unspecified atom stereocenters. The van der Waals surface area contributed by atoms with Crippen LogP contribution in [-0.2, 0) is 9.59 Å². The molecule has 6 heteroatoms. The lowest BCUT2D eigenvalue weighted by molar-refractivity contribution is -0.148. The minimum atomic E-state index is -0.916. The standard InChI is InChI=1S/C14H20N2O4/c1-8(13-9(2)15-20-10(13)3)7-12(17)16-6-4-5-11(16)14(18)19/h8,11H,4-7H2,1-3H3,(H,18,19)/t8?,11-/m1/s1. The van der Waals surface area contributed by atoms with Crippen molar-refractivity contribution in [1.29, 1.82) is 0 Å². The van der Waals surface area contributed by atoms with Gasteiger partial charge in [0.05, 0.1) is 5.69 Å². The molecule has 0 aliphatic carbocycles. The summed E-state index contributed by atoms with van der Waals surface area (Å²) in [5.74, 6) is -0.328. The van der Waals surface area contributed by atoms with Crippen molar-refractivity contribution in [3.63, 3.8) is 0 Å². The van der Waals surface area contributed by atoms with Crippen molar-refractivity contribution in [3.05, 3.63) is 17.0 Å². The van der Waals surface area contributed by atoms with E-state index in [0.29, 0.717) is 13.0 Å². The van der Waals surface area contributed by atoms with Gasteiger partial charge in [-0.15, -0.1) is 0 Å². The summed E-state index contributed by atoms with van der Waals surface area (Å²) in [7, 11) is 0. The van der Waals surface area contributed by atoms with Crippen LogP contribution in [-0.4, -0.2) is 39.6 Å². The molecular weight excluding hydrogens is 260 g/mol. The third-order valence-electron chi connectivity index (χ3n) is 3.92. The highest BCUT2D eigenvalue weighted by molar-refractivity contribution is 5.84. The molecule has 1 fully saturated rings. The molecule has 110 valence electrons. The van der Waals surface area contributed by atoms with Crippen LogP contribution in [0.15, 0.2) is 4.52 Å². The molecule has 1 N–H and O–H groups in total. The van der Waals surface area contributed by atoms with E-state index in [1.807, 2.05) is 20.8 Å². The third-order valence-corrected chi connectivity index (χ3v) is 3.92. The molecular formula is C14H20N2O4. The molecule has 1 aliphatic rings. The Labute approximate surface area is 117 Å². The number of nitrogens with zero attached hydrogens (tertiary/aromatic N) is 2. The first kappa shape index (κ1) is 14.6. The number of amides is 1. The predicted octanol–water partition coefficient (Wildman–Crippen LogP) is 1.86. The van der Waals surface area contributed by atoms with E-state index in [1.54, 1.807) is 0 Å². The van der Waals surface area contributed by atoms with Crippen molar-refractivity contribution in [2.45, 2.75) is 52.0 Å². The average Bonchev–Trinajstić information content (AvgIpc) is 2.96. The van der Waals surface area contributed by atoms with Gasteiger partial charge in [0.1, 0.15) is 11.8 Å². The second-order valence-corrected chi connectivity index (χ2v) is 5.43. The average molecular weight is 280 g/mol. The fourth-order valence-electron chi connectivity index (χ4n) is 3.00. The second kappa shape index (κ2) is 5.64. The normalized spacial score (nSPS) is 20.1. The molecule has 0 radical (unpaired) electrons. The van der Waals surface area contributed by atoms with Gasteiger partial charge in [0, 0.05) is 18.5 Å². The van der Waals surface area contributed by atoms with Gasteiger partial charge in [0.15, 0.2) is 0 Å². The number of hydrogen-bond donors (Lipinski definition) is 1. The van der Waals surface area contributed by atoms with Crippen LogP contribution in [0.3, 0.4) is 0 Å². The molecule has 2 atom stereocenters. The third kappa shape index (κ3) is 2.69. The lowest BCUT2D eigenvalue weighted by Crippen LogP contribution is -2.40. The van der Waals surface area contributed by atoms with Crippen molar-refractivity contribution in [2.75, 3.05) is 6.54 Å². The van der Waals surface area contributed by atoms with E-state index in [-0.39, 0.29) is 18.2 Å². The number of aliphatic carboxylic acids is 1. The van der Waals surface area contributed by atoms with Gasteiger partial charge in [0.25, 0.3) is 0 Å². The van der Waals surface area contributed by atoms with Gasteiger partial charge in [-0.25, -0.2) is 4.79 Å². The molecule has 0 spiro atoms. The quantitative estimate of drug-likeness (QED) is 0.910. The number of hydrogen-bond acceptors (Lipinski definition) is 4. The number of rotatable bonds is 4. The number of aromatic nitrogens is 1. The maximum absolute atomic E-state index is 12.3. The Kier molecular flexibility index (Phi) is 4.11. The highest BCUT2D eigenvalue weighted by Gasteiger charge is 2.34. The zero-order valence-electron chi connectivity index (χ0n) is 12.0. The molecule has 1 saturated heterocycles. The Hall–Kier alpha value is -1.85. The summed E-state index contributed by atoms with van der Waals surface area (Å²) in [5, 5.41) is 13.0. The molecule has 1 aromatic heterocycles. The largest absolute Gasteiger partial charge is 0.480 e. The first-order valence-electron chi connectivity index (χ1n) is 6.86. The zero-order chi connectivity index (χ0) is 14.9. The first-order chi connectivity index (χ1) is 9.41. The van der Waals surface area contributed by atoms with Crippen molar-refractivity contribution in [3.8, 4) is 0 Å². The summed E-state index contributed by atoms with van der Waals surface area (Å²) in [6.07, 6.45) is 1.58. The first-order valence-corrected chi connectivity index (χ1v) is 6.86. The van der Waals surface area contributed by atoms with Crippen LogP contribution in [0.4, 0.5) is 0 Å². The molecule has 0 saturated carbocycles. The van der Waals surface area contributed by atoms with Crippen molar-refractivity contribution in [1.82, 2.24) is 10.1 Å². The molecule has 2 heterocycles. The van der Waals surface area contributed by atoms with E-state index in [1.165, 1.54) is 4.90 Å². The fraction of sp³-hybridized carbons (Fsp3) is 0.643. The highest BCUT2D eigenvalue weighted by Crippen LogP contribution is 2.28. The summed E-state index contributed by atoms with van der Waals surface area (Å²) in [5.41, 5.74) is 1.74. The van der Waals surface area contributed by atoms with Gasteiger partial charge in [-0.1, -0.05) is 12.1 Å². The van der Waals surface area contributed by atoms with Gasteiger partial charge >= 0.3 is 5.97 Å². The molecule has 6 nitrogen and oxygen atoms in total. The Morgan fingerprint density at radius 1 is 1.50 bits per heavy atom. The molecule has 2 rings (SSSR count). The zero-order valence-corrected chi connectivity index (χ0v) is 12.0. The van der Waals surface area contributed by atoms with Crippen LogP contribution in [0, 0.1) is 13.8 Å². The number of carbonyl (C=O) groups is 2. The van der Waals surface area contributed by atoms with Crippen LogP contribution in [0.1, 0.15) is 49.1 Å². The fourth-order valence-corrected chi connectivity index (χ4v) is 3.00. The lowest BCUT2D eigenvalue weighted by Gasteiger charge is -2.23. The summed E-state index contributed by atoms with van der Waals surface area (Å²) >= 11 is 0. The number of carbonyl (C=O) groups excluding carboxylic acids is 1. The van der Waals surface area contributed by atoms with E-state index in [4.69, 9.17) is 9.63 Å². The van der Waals surface area contributed by atoms with Crippen LogP contribution in [0.2, 0.25) is 0 Å². The molecule has 1 aromatic rings. The summed E-state index contributed by atoms with van der Waals surface area (Å²) in [6.45, 7) is 6.15. The van der Waals surface area contributed by atoms with Crippen LogP contribution >= 0.6 is 0 Å². The van der Waals surface area contributed by atoms with Crippen LogP contribution in [0.25, 0.3) is 0 Å². The van der Waals surface area contributed by atoms with E-state index in [9.17, 15) is 9.59 Å².